The lowest BCUT2D eigenvalue weighted by molar-refractivity contribution is 0.347. The number of aromatic nitrogens is 2. The van der Waals surface area contributed by atoms with Gasteiger partial charge in [-0.3, -0.25) is 0 Å². The van der Waals surface area contributed by atoms with Crippen molar-refractivity contribution in [3.63, 3.8) is 0 Å². The number of fused-ring (bicyclic) bond motifs is 10. The highest BCUT2D eigenvalue weighted by atomic mass is 14.9. The lowest BCUT2D eigenvalue weighted by Crippen LogP contribution is -2.34. The molecule has 0 aliphatic heterocycles. The number of benzene rings is 5. The Bertz CT molecular complexity index is 2980. The average molecular weight is 801 g/mol. The van der Waals surface area contributed by atoms with Gasteiger partial charge < -0.3 is 0 Å². The zero-order valence-electron chi connectivity index (χ0n) is 35.7. The van der Waals surface area contributed by atoms with Crippen LogP contribution < -0.4 is 0 Å². The number of hydrogen-bond donors (Lipinski definition) is 0. The predicted octanol–water partition coefficient (Wildman–Crippen LogP) is 15.2. The van der Waals surface area contributed by atoms with Gasteiger partial charge in [0.1, 0.15) is 0 Å². The molecule has 1 spiro atoms. The maximum atomic E-state index is 5.45. The van der Waals surface area contributed by atoms with E-state index in [0.717, 1.165) is 41.2 Å². The van der Waals surface area contributed by atoms with Gasteiger partial charge in [0.2, 0.25) is 0 Å². The third kappa shape index (κ3) is 5.35. The summed E-state index contributed by atoms with van der Waals surface area (Å²) in [6.07, 6.45) is 24.9. The number of allylic oxidation sites excluding steroid dienone is 10. The van der Waals surface area contributed by atoms with Gasteiger partial charge >= 0.3 is 0 Å². The molecule has 7 aliphatic rings. The van der Waals surface area contributed by atoms with Crippen LogP contribution in [-0.2, 0) is 10.8 Å². The minimum atomic E-state index is -0.253. The Morgan fingerprint density at radius 1 is 0.629 bits per heavy atom. The highest BCUT2D eigenvalue weighted by Crippen LogP contribution is 2.67. The summed E-state index contributed by atoms with van der Waals surface area (Å²) in [5.74, 6) is 1.89. The Balaban J connectivity index is 1.02. The van der Waals surface area contributed by atoms with Crippen LogP contribution >= 0.6 is 0 Å². The molecule has 4 bridgehead atoms. The Labute approximate surface area is 366 Å². The molecule has 1 aromatic heterocycles. The maximum Gasteiger partial charge on any atom is 0.160 e. The molecule has 7 aliphatic carbocycles. The van der Waals surface area contributed by atoms with Crippen molar-refractivity contribution in [2.24, 2.45) is 5.92 Å². The molecular weight excluding hydrogens is 749 g/mol. The van der Waals surface area contributed by atoms with Crippen molar-refractivity contribution in [2.75, 3.05) is 0 Å². The summed E-state index contributed by atoms with van der Waals surface area (Å²) in [4.78, 5) is 10.7. The standard InChI is InChI=1S/C60H52N2/c1-59-50-23-10-9-21-47(50)48-35-54-49(36-53(48)59)57-46(22-14-24-51(57)60(54)31-11-4-12-32-60)43-20-13-19-42(33-43)45-30-29-44(34-52(45)59)56-37-55(61-58(62-56)41-17-7-3-8-18-41)40-27-25-39(26-28-40)38-15-5-2-6-16-38/h3,5,7-10,13-15,17-28,33-38,48,53H,2,4,6,11-12,16,29-32H2,1H3. The van der Waals surface area contributed by atoms with Crippen molar-refractivity contribution in [1.29, 1.82) is 0 Å². The zero-order valence-corrected chi connectivity index (χ0v) is 35.7. The van der Waals surface area contributed by atoms with Crippen molar-refractivity contribution in [3.8, 4) is 33.8 Å². The van der Waals surface area contributed by atoms with E-state index in [1.54, 1.807) is 11.1 Å². The van der Waals surface area contributed by atoms with E-state index in [-0.39, 0.29) is 16.7 Å². The minimum Gasteiger partial charge on any atom is -0.228 e. The summed E-state index contributed by atoms with van der Waals surface area (Å²) in [6, 6.07) is 48.4. The van der Waals surface area contributed by atoms with E-state index in [1.807, 2.05) is 0 Å². The number of hydrogen-bond acceptors (Lipinski definition) is 2. The first kappa shape index (κ1) is 36.5. The molecule has 0 saturated heterocycles. The molecule has 1 fully saturated rings. The lowest BCUT2D eigenvalue weighted by Gasteiger charge is -2.41. The van der Waals surface area contributed by atoms with Gasteiger partial charge in [-0.15, -0.1) is 0 Å². The summed E-state index contributed by atoms with van der Waals surface area (Å²) >= 11 is 0. The molecule has 5 aromatic carbocycles. The molecule has 0 radical (unpaired) electrons. The van der Waals surface area contributed by atoms with Gasteiger partial charge in [0, 0.05) is 39.7 Å². The molecule has 13 rings (SSSR count). The van der Waals surface area contributed by atoms with E-state index < -0.39 is 0 Å². The summed E-state index contributed by atoms with van der Waals surface area (Å²) in [5, 5.41) is 0. The molecule has 2 heteroatoms. The van der Waals surface area contributed by atoms with Gasteiger partial charge in [-0.25, -0.2) is 9.97 Å². The van der Waals surface area contributed by atoms with Gasteiger partial charge in [-0.05, 0) is 129 Å². The van der Waals surface area contributed by atoms with E-state index in [9.17, 15) is 0 Å². The van der Waals surface area contributed by atoms with Gasteiger partial charge in [0.25, 0.3) is 0 Å². The Morgan fingerprint density at radius 2 is 1.40 bits per heavy atom. The van der Waals surface area contributed by atoms with E-state index in [0.29, 0.717) is 11.8 Å². The first-order valence-electron chi connectivity index (χ1n) is 23.5. The smallest absolute Gasteiger partial charge is 0.160 e. The Kier molecular flexibility index (Phi) is 8.22. The van der Waals surface area contributed by atoms with Crippen LogP contribution in [0.1, 0.15) is 122 Å². The second-order valence-electron chi connectivity index (χ2n) is 19.4. The van der Waals surface area contributed by atoms with Crippen molar-refractivity contribution < 1.29 is 0 Å². The normalized spacial score (nSPS) is 24.7. The monoisotopic (exact) mass is 800 g/mol. The summed E-state index contributed by atoms with van der Waals surface area (Å²) in [5.41, 5.74) is 23.0. The summed E-state index contributed by atoms with van der Waals surface area (Å²) in [6.45, 7) is 2.59. The first-order valence-corrected chi connectivity index (χ1v) is 23.5. The van der Waals surface area contributed by atoms with Crippen molar-refractivity contribution in [1.82, 2.24) is 9.97 Å². The van der Waals surface area contributed by atoms with Crippen LogP contribution in [-0.4, -0.2) is 9.97 Å². The molecule has 4 unspecified atom stereocenters. The molecule has 302 valence electrons. The molecule has 1 saturated carbocycles. The molecule has 0 amide bonds. The molecular formula is C60H52N2. The topological polar surface area (TPSA) is 25.8 Å². The third-order valence-electron chi connectivity index (χ3n) is 16.3. The maximum absolute atomic E-state index is 5.45. The van der Waals surface area contributed by atoms with Gasteiger partial charge in [0.05, 0.1) is 11.4 Å². The highest BCUT2D eigenvalue weighted by Gasteiger charge is 2.56. The van der Waals surface area contributed by atoms with Gasteiger partial charge in [-0.1, -0.05) is 172 Å². The molecule has 2 nitrogen and oxygen atoms in total. The number of rotatable bonds is 4. The van der Waals surface area contributed by atoms with Crippen LogP contribution in [0.25, 0.3) is 50.5 Å². The number of nitrogens with zero attached hydrogens (tertiary/aromatic N) is 2. The van der Waals surface area contributed by atoms with Crippen LogP contribution in [0.2, 0.25) is 0 Å². The second kappa shape index (κ2) is 13.9. The lowest BCUT2D eigenvalue weighted by atomic mass is 9.61. The van der Waals surface area contributed by atoms with Crippen molar-refractivity contribution >= 4 is 16.7 Å². The predicted molar refractivity (Wildman–Crippen MR) is 255 cm³/mol. The van der Waals surface area contributed by atoms with Crippen LogP contribution in [0.15, 0.2) is 169 Å². The van der Waals surface area contributed by atoms with Crippen molar-refractivity contribution in [3.05, 3.63) is 208 Å². The molecule has 1 heterocycles. The largest absolute Gasteiger partial charge is 0.228 e. The molecule has 62 heavy (non-hydrogen) atoms. The SMILES string of the molecule is CC12C3=C(CCC(c4cc(-c5ccc(C6C=CCCC6)cc5)nc(-c5ccccc5)n4)=C3)c3cccc(c3)-c3cccc4c3C3=CC1C(C=C3C41CCCCC1)c1ccccc12. The minimum absolute atomic E-state index is 0.104. The van der Waals surface area contributed by atoms with E-state index in [1.165, 1.54) is 113 Å². The quantitative estimate of drug-likeness (QED) is 0.166. The highest BCUT2D eigenvalue weighted by molar-refractivity contribution is 5.99. The summed E-state index contributed by atoms with van der Waals surface area (Å²) in [7, 11) is 0. The van der Waals surface area contributed by atoms with Crippen LogP contribution in [0.5, 0.6) is 0 Å². The molecule has 0 N–H and O–H groups in total. The third-order valence-corrected chi connectivity index (χ3v) is 16.3. The molecule has 6 aromatic rings. The first-order chi connectivity index (χ1) is 30.6. The van der Waals surface area contributed by atoms with Gasteiger partial charge in [0.15, 0.2) is 5.82 Å². The van der Waals surface area contributed by atoms with Crippen LogP contribution in [0.3, 0.4) is 0 Å². The fraction of sp³-hybridized carbons (Fsp3) is 0.267. The van der Waals surface area contributed by atoms with E-state index in [2.05, 4.69) is 165 Å². The zero-order chi connectivity index (χ0) is 41.0. The fourth-order valence-electron chi connectivity index (χ4n) is 13.3. The molecule has 4 atom stereocenters. The van der Waals surface area contributed by atoms with Crippen LogP contribution in [0.4, 0.5) is 0 Å². The van der Waals surface area contributed by atoms with E-state index in [4.69, 9.17) is 9.97 Å². The average Bonchev–Trinajstić information content (AvgIpc) is 3.76. The Hall–Kier alpha value is -6.12. The summed E-state index contributed by atoms with van der Waals surface area (Å²) < 4.78 is 0. The Morgan fingerprint density at radius 3 is 2.26 bits per heavy atom. The van der Waals surface area contributed by atoms with Crippen molar-refractivity contribution in [2.45, 2.75) is 93.8 Å². The fourth-order valence-corrected chi connectivity index (χ4v) is 13.3. The second-order valence-corrected chi connectivity index (χ2v) is 19.4. The van der Waals surface area contributed by atoms with Gasteiger partial charge in [-0.2, -0.15) is 0 Å². The van der Waals surface area contributed by atoms with E-state index >= 15 is 0 Å². The van der Waals surface area contributed by atoms with Crippen LogP contribution in [0, 0.1) is 5.92 Å².